The Morgan fingerprint density at radius 3 is 2.55 bits per heavy atom. The first-order valence-electron chi connectivity index (χ1n) is 9.66. The van der Waals surface area contributed by atoms with Crippen LogP contribution in [0.4, 0.5) is 5.69 Å². The van der Waals surface area contributed by atoms with Crippen molar-refractivity contribution in [3.8, 4) is 5.75 Å². The maximum absolute atomic E-state index is 12.5. The lowest BCUT2D eigenvalue weighted by atomic mass is 10.2. The zero-order valence-electron chi connectivity index (χ0n) is 17.8. The molecule has 0 spiro atoms. The molecule has 6 nitrogen and oxygen atoms in total. The number of hydrogen-bond donors (Lipinski definition) is 1. The van der Waals surface area contributed by atoms with Crippen LogP contribution in [0.2, 0.25) is 0 Å². The van der Waals surface area contributed by atoms with Gasteiger partial charge < -0.3 is 14.8 Å². The molecule has 1 amide bonds. The fraction of sp³-hybridized carbons (Fsp3) is 0.261. The molecule has 3 aromatic rings. The van der Waals surface area contributed by atoms with Gasteiger partial charge in [0.15, 0.2) is 6.10 Å². The summed E-state index contributed by atoms with van der Waals surface area (Å²) in [6, 6.07) is 12.6. The average molecular weight is 457 g/mol. The van der Waals surface area contributed by atoms with Crippen LogP contribution in [0.15, 0.2) is 52.7 Å². The van der Waals surface area contributed by atoms with Gasteiger partial charge in [0, 0.05) is 16.0 Å². The van der Waals surface area contributed by atoms with Gasteiger partial charge in [0.05, 0.1) is 29.1 Å². The van der Waals surface area contributed by atoms with Gasteiger partial charge >= 0.3 is 5.97 Å². The van der Waals surface area contributed by atoms with Crippen molar-refractivity contribution in [2.75, 3.05) is 12.4 Å². The maximum Gasteiger partial charge on any atom is 0.338 e. The minimum Gasteiger partial charge on any atom is -0.495 e. The minimum atomic E-state index is -0.959. The van der Waals surface area contributed by atoms with E-state index in [9.17, 15) is 9.59 Å². The number of amides is 1. The number of aryl methyl sites for hydroxylation is 2. The molecule has 1 N–H and O–H groups in total. The number of aromatic nitrogens is 1. The van der Waals surface area contributed by atoms with Gasteiger partial charge in [-0.25, -0.2) is 9.78 Å². The lowest BCUT2D eigenvalue weighted by Gasteiger charge is -2.15. The summed E-state index contributed by atoms with van der Waals surface area (Å²) < 4.78 is 10.6. The highest BCUT2D eigenvalue weighted by atomic mass is 32.2. The van der Waals surface area contributed by atoms with Crippen LogP contribution in [0.1, 0.15) is 33.5 Å². The zero-order valence-corrected chi connectivity index (χ0v) is 19.4. The molecule has 1 unspecified atom stereocenters. The zero-order chi connectivity index (χ0) is 22.4. The van der Waals surface area contributed by atoms with Crippen molar-refractivity contribution >= 4 is 40.7 Å². The molecule has 8 heteroatoms. The predicted octanol–water partition coefficient (Wildman–Crippen LogP) is 5.24. The molecule has 0 radical (unpaired) electrons. The first-order valence-corrected chi connectivity index (χ1v) is 11.5. The van der Waals surface area contributed by atoms with Crippen LogP contribution in [0.25, 0.3) is 0 Å². The second-order valence-electron chi connectivity index (χ2n) is 6.91. The summed E-state index contributed by atoms with van der Waals surface area (Å²) in [5.74, 6) is 0.334. The number of rotatable bonds is 8. The van der Waals surface area contributed by atoms with E-state index in [2.05, 4.69) is 10.3 Å². The summed E-state index contributed by atoms with van der Waals surface area (Å²) in [4.78, 5) is 30.4. The maximum atomic E-state index is 12.5. The van der Waals surface area contributed by atoms with Crippen LogP contribution in [-0.2, 0) is 15.3 Å². The van der Waals surface area contributed by atoms with Crippen molar-refractivity contribution < 1.29 is 19.1 Å². The Labute approximate surface area is 190 Å². The fourth-order valence-corrected chi connectivity index (χ4v) is 4.26. The molecule has 0 fully saturated rings. The monoisotopic (exact) mass is 456 g/mol. The molecule has 0 bridgehead atoms. The normalized spacial score (nSPS) is 11.6. The second-order valence-corrected chi connectivity index (χ2v) is 9.02. The highest BCUT2D eigenvalue weighted by molar-refractivity contribution is 7.98. The molecule has 1 atom stereocenters. The Balaban J connectivity index is 1.55. The third-order valence-electron chi connectivity index (χ3n) is 4.41. The van der Waals surface area contributed by atoms with Crippen molar-refractivity contribution in [1.82, 2.24) is 4.98 Å². The Hall–Kier alpha value is -2.84. The Morgan fingerprint density at radius 2 is 1.90 bits per heavy atom. The first kappa shape index (κ1) is 22.8. The molecule has 0 saturated heterocycles. The summed E-state index contributed by atoms with van der Waals surface area (Å²) in [7, 11) is 1.53. The molecule has 3 rings (SSSR count). The smallest absolute Gasteiger partial charge is 0.338 e. The molecule has 162 valence electrons. The number of thioether (sulfide) groups is 1. The molecule has 31 heavy (non-hydrogen) atoms. The number of esters is 1. The van der Waals surface area contributed by atoms with Crippen LogP contribution in [0.3, 0.4) is 0 Å². The van der Waals surface area contributed by atoms with Gasteiger partial charge in [0.2, 0.25) is 0 Å². The van der Waals surface area contributed by atoms with Crippen molar-refractivity contribution in [1.29, 1.82) is 0 Å². The topological polar surface area (TPSA) is 77.5 Å². The lowest BCUT2D eigenvalue weighted by Crippen LogP contribution is -2.30. The number of methoxy groups -OCH3 is 1. The average Bonchev–Trinajstić information content (AvgIpc) is 3.17. The Kier molecular flexibility index (Phi) is 7.70. The largest absolute Gasteiger partial charge is 0.495 e. The summed E-state index contributed by atoms with van der Waals surface area (Å²) in [5.41, 5.74) is 2.94. The predicted molar refractivity (Wildman–Crippen MR) is 124 cm³/mol. The molecular weight excluding hydrogens is 432 g/mol. The SMILES string of the molecule is COc1ccc(C)cc1NC(=O)C(C)OC(=O)c1ccc(SCc2csc(C)n2)cc1. The molecule has 0 saturated carbocycles. The van der Waals surface area contributed by atoms with Crippen LogP contribution in [0, 0.1) is 13.8 Å². The van der Waals surface area contributed by atoms with Crippen LogP contribution in [-0.4, -0.2) is 30.1 Å². The molecule has 1 aromatic heterocycles. The van der Waals surface area contributed by atoms with E-state index < -0.39 is 18.0 Å². The van der Waals surface area contributed by atoms with Gasteiger partial charge in [-0.2, -0.15) is 0 Å². The van der Waals surface area contributed by atoms with Crippen molar-refractivity contribution in [3.05, 3.63) is 69.7 Å². The number of nitrogens with zero attached hydrogens (tertiary/aromatic N) is 1. The molecule has 0 aliphatic heterocycles. The third-order valence-corrected chi connectivity index (χ3v) is 6.28. The molecule has 2 aromatic carbocycles. The number of benzene rings is 2. The van der Waals surface area contributed by atoms with Crippen molar-refractivity contribution in [3.63, 3.8) is 0 Å². The van der Waals surface area contributed by atoms with E-state index in [4.69, 9.17) is 9.47 Å². The summed E-state index contributed by atoms with van der Waals surface area (Å²) >= 11 is 3.28. The van der Waals surface area contributed by atoms with Crippen LogP contribution >= 0.6 is 23.1 Å². The Morgan fingerprint density at radius 1 is 1.16 bits per heavy atom. The summed E-state index contributed by atoms with van der Waals surface area (Å²) in [6.07, 6.45) is -0.959. The number of nitrogens with one attached hydrogen (secondary N) is 1. The van der Waals surface area contributed by atoms with E-state index in [0.717, 1.165) is 26.9 Å². The quantitative estimate of drug-likeness (QED) is 0.369. The van der Waals surface area contributed by atoms with Gasteiger partial charge in [-0.15, -0.1) is 23.1 Å². The van der Waals surface area contributed by atoms with Crippen LogP contribution < -0.4 is 10.1 Å². The number of thiazole rings is 1. The van der Waals surface area contributed by atoms with Gasteiger partial charge in [-0.05, 0) is 62.7 Å². The van der Waals surface area contributed by atoms with E-state index in [1.54, 1.807) is 47.4 Å². The van der Waals surface area contributed by atoms with Crippen molar-refractivity contribution in [2.45, 2.75) is 37.5 Å². The van der Waals surface area contributed by atoms with E-state index >= 15 is 0 Å². The fourth-order valence-electron chi connectivity index (χ4n) is 2.76. The van der Waals surface area contributed by atoms with Gasteiger partial charge in [0.25, 0.3) is 5.91 Å². The molecule has 1 heterocycles. The highest BCUT2D eigenvalue weighted by Gasteiger charge is 2.20. The lowest BCUT2D eigenvalue weighted by molar-refractivity contribution is -0.123. The number of ether oxygens (including phenoxy) is 2. The molecule has 0 aliphatic carbocycles. The summed E-state index contributed by atoms with van der Waals surface area (Å²) in [6.45, 7) is 5.44. The standard InChI is InChI=1S/C23H24N2O4S2/c1-14-5-10-21(28-4)20(11-14)25-22(26)15(2)29-23(27)17-6-8-19(9-7-17)31-13-18-12-30-16(3)24-18/h5-12,15H,13H2,1-4H3,(H,25,26). The second kappa shape index (κ2) is 10.5. The third kappa shape index (κ3) is 6.32. The Bertz CT molecular complexity index is 1060. The van der Waals surface area contributed by atoms with E-state index in [0.29, 0.717) is 17.0 Å². The van der Waals surface area contributed by atoms with E-state index in [1.165, 1.54) is 14.0 Å². The number of carbonyl (C=O) groups is 2. The van der Waals surface area contributed by atoms with Crippen molar-refractivity contribution in [2.24, 2.45) is 0 Å². The first-order chi connectivity index (χ1) is 14.9. The number of hydrogen-bond acceptors (Lipinski definition) is 7. The number of anilines is 1. The molecular formula is C23H24N2O4S2. The van der Waals surface area contributed by atoms with Crippen LogP contribution in [0.5, 0.6) is 5.75 Å². The summed E-state index contributed by atoms with van der Waals surface area (Å²) in [5, 5.41) is 5.85. The van der Waals surface area contributed by atoms with E-state index in [-0.39, 0.29) is 0 Å². The van der Waals surface area contributed by atoms with E-state index in [1.807, 2.05) is 37.4 Å². The minimum absolute atomic E-state index is 0.390. The molecule has 0 aliphatic rings. The van der Waals surface area contributed by atoms with Gasteiger partial charge in [-0.3, -0.25) is 4.79 Å². The van der Waals surface area contributed by atoms with Gasteiger partial charge in [-0.1, -0.05) is 6.07 Å². The highest BCUT2D eigenvalue weighted by Crippen LogP contribution is 2.26. The number of carbonyl (C=O) groups excluding carboxylic acids is 2. The van der Waals surface area contributed by atoms with Gasteiger partial charge in [0.1, 0.15) is 5.75 Å².